The number of nitrogens with zero attached hydrogens (tertiary/aromatic N) is 2. The maximum Gasteiger partial charge on any atom is 0.159 e. The van der Waals surface area contributed by atoms with Gasteiger partial charge < -0.3 is 10.1 Å². The van der Waals surface area contributed by atoms with Crippen molar-refractivity contribution in [1.82, 2.24) is 15.3 Å². The summed E-state index contributed by atoms with van der Waals surface area (Å²) < 4.78 is 5.86. The Balaban J connectivity index is 1.71. The first kappa shape index (κ1) is 13.3. The van der Waals surface area contributed by atoms with Gasteiger partial charge in [-0.1, -0.05) is 23.7 Å². The first-order valence-corrected chi connectivity index (χ1v) is 7.14. The number of nitrogens with one attached hydrogen (secondary N) is 1. The zero-order valence-corrected chi connectivity index (χ0v) is 11.8. The molecule has 1 aromatic carbocycles. The quantitative estimate of drug-likeness (QED) is 0.944. The van der Waals surface area contributed by atoms with Gasteiger partial charge in [0.05, 0.1) is 12.4 Å². The third kappa shape index (κ3) is 3.26. The molecule has 1 fully saturated rings. The van der Waals surface area contributed by atoms with Crippen LogP contribution in [0.4, 0.5) is 0 Å². The van der Waals surface area contributed by atoms with Gasteiger partial charge in [0, 0.05) is 17.1 Å². The van der Waals surface area contributed by atoms with Crippen LogP contribution in [-0.2, 0) is 0 Å². The van der Waals surface area contributed by atoms with Gasteiger partial charge in [-0.3, -0.25) is 0 Å². The van der Waals surface area contributed by atoms with Crippen LogP contribution in [0.2, 0.25) is 5.02 Å². The molecule has 1 N–H and O–H groups in total. The van der Waals surface area contributed by atoms with Crippen molar-refractivity contribution in [1.29, 1.82) is 0 Å². The molecule has 4 nitrogen and oxygen atoms in total. The number of hydrogen-bond donors (Lipinski definition) is 1. The van der Waals surface area contributed by atoms with Crippen LogP contribution in [0.15, 0.2) is 36.7 Å². The Labute approximate surface area is 123 Å². The molecule has 104 valence electrons. The molecule has 5 heteroatoms. The second-order valence-electron chi connectivity index (χ2n) is 4.84. The van der Waals surface area contributed by atoms with Gasteiger partial charge >= 0.3 is 0 Å². The van der Waals surface area contributed by atoms with Crippen molar-refractivity contribution < 1.29 is 4.74 Å². The van der Waals surface area contributed by atoms with E-state index in [-0.39, 0.29) is 6.10 Å². The molecule has 1 saturated heterocycles. The fourth-order valence-electron chi connectivity index (χ4n) is 2.27. The first-order valence-electron chi connectivity index (χ1n) is 6.76. The second kappa shape index (κ2) is 6.20. The van der Waals surface area contributed by atoms with Crippen LogP contribution >= 0.6 is 11.6 Å². The third-order valence-electron chi connectivity index (χ3n) is 3.27. The monoisotopic (exact) mass is 289 g/mol. The zero-order valence-electron chi connectivity index (χ0n) is 11.1. The van der Waals surface area contributed by atoms with Crippen molar-refractivity contribution in [3.63, 3.8) is 0 Å². The minimum absolute atomic E-state index is 0.212. The lowest BCUT2D eigenvalue weighted by molar-refractivity contribution is 0.166. The van der Waals surface area contributed by atoms with Gasteiger partial charge in [0.25, 0.3) is 0 Å². The van der Waals surface area contributed by atoms with E-state index < -0.39 is 0 Å². The number of piperidine rings is 1. The van der Waals surface area contributed by atoms with Crippen molar-refractivity contribution in [2.24, 2.45) is 0 Å². The summed E-state index contributed by atoms with van der Waals surface area (Å²) in [6.45, 7) is 1.96. The average Bonchev–Trinajstić information content (AvgIpc) is 2.49. The maximum atomic E-state index is 5.97. The Morgan fingerprint density at radius 2 is 2.10 bits per heavy atom. The fourth-order valence-corrected chi connectivity index (χ4v) is 2.46. The molecule has 1 unspecified atom stereocenters. The van der Waals surface area contributed by atoms with Crippen molar-refractivity contribution >= 4 is 11.6 Å². The average molecular weight is 290 g/mol. The lowest BCUT2D eigenvalue weighted by atomic mass is 10.1. The number of ether oxygens (including phenoxy) is 1. The molecule has 1 atom stereocenters. The number of aromatic nitrogens is 2. The smallest absolute Gasteiger partial charge is 0.159 e. The first-order chi connectivity index (χ1) is 9.81. The predicted octanol–water partition coefficient (Wildman–Crippen LogP) is 2.93. The Morgan fingerprint density at radius 3 is 2.80 bits per heavy atom. The predicted molar refractivity (Wildman–Crippen MR) is 79.0 cm³/mol. The van der Waals surface area contributed by atoms with E-state index in [1.165, 1.54) is 0 Å². The largest absolute Gasteiger partial charge is 0.486 e. The summed E-state index contributed by atoms with van der Waals surface area (Å²) in [6, 6.07) is 7.51. The van der Waals surface area contributed by atoms with Crippen LogP contribution in [0.1, 0.15) is 12.8 Å². The van der Waals surface area contributed by atoms with Crippen LogP contribution in [0.3, 0.4) is 0 Å². The molecule has 0 aliphatic carbocycles. The van der Waals surface area contributed by atoms with Crippen molar-refractivity contribution in [3.8, 4) is 17.1 Å². The molecule has 2 heterocycles. The summed E-state index contributed by atoms with van der Waals surface area (Å²) in [5.41, 5.74) is 0.906. The fraction of sp³-hybridized carbons (Fsp3) is 0.333. The molecule has 0 radical (unpaired) electrons. The van der Waals surface area contributed by atoms with Crippen LogP contribution in [-0.4, -0.2) is 29.2 Å². The topological polar surface area (TPSA) is 47.0 Å². The molecule has 1 aromatic heterocycles. The molecule has 0 bridgehead atoms. The highest BCUT2D eigenvalue weighted by Crippen LogP contribution is 2.21. The molecule has 1 aliphatic rings. The van der Waals surface area contributed by atoms with E-state index in [1.807, 2.05) is 24.3 Å². The van der Waals surface area contributed by atoms with Gasteiger partial charge in [-0.25, -0.2) is 9.97 Å². The Bertz CT molecular complexity index is 568. The van der Waals surface area contributed by atoms with Gasteiger partial charge in [0.15, 0.2) is 11.6 Å². The SMILES string of the molecule is Clc1cccc(-c2ncc(OC3CCCNC3)cn2)c1. The molecule has 0 amide bonds. The lowest BCUT2D eigenvalue weighted by Gasteiger charge is -2.23. The van der Waals surface area contributed by atoms with Gasteiger partial charge in [-0.15, -0.1) is 0 Å². The summed E-state index contributed by atoms with van der Waals surface area (Å²) >= 11 is 5.97. The molecule has 2 aromatic rings. The highest BCUT2D eigenvalue weighted by atomic mass is 35.5. The molecule has 0 saturated carbocycles. The van der Waals surface area contributed by atoms with Crippen molar-refractivity contribution in [2.45, 2.75) is 18.9 Å². The van der Waals surface area contributed by atoms with Gasteiger partial charge in [-0.2, -0.15) is 0 Å². The molecule has 1 aliphatic heterocycles. The Morgan fingerprint density at radius 1 is 1.25 bits per heavy atom. The van der Waals surface area contributed by atoms with E-state index >= 15 is 0 Å². The van der Waals surface area contributed by atoms with E-state index in [4.69, 9.17) is 16.3 Å². The van der Waals surface area contributed by atoms with Crippen LogP contribution in [0.5, 0.6) is 5.75 Å². The number of benzene rings is 1. The molecule has 0 spiro atoms. The standard InChI is InChI=1S/C15H16ClN3O/c16-12-4-1-3-11(7-12)15-18-9-14(10-19-15)20-13-5-2-6-17-8-13/h1,3-4,7,9-10,13,17H,2,5-6,8H2. The van der Waals surface area contributed by atoms with E-state index in [1.54, 1.807) is 12.4 Å². The lowest BCUT2D eigenvalue weighted by Crippen LogP contribution is -2.37. The molecule has 20 heavy (non-hydrogen) atoms. The third-order valence-corrected chi connectivity index (χ3v) is 3.50. The van der Waals surface area contributed by atoms with Crippen LogP contribution < -0.4 is 10.1 Å². The number of hydrogen-bond acceptors (Lipinski definition) is 4. The molecular weight excluding hydrogens is 274 g/mol. The highest BCUT2D eigenvalue weighted by molar-refractivity contribution is 6.30. The van der Waals surface area contributed by atoms with E-state index in [0.717, 1.165) is 31.5 Å². The summed E-state index contributed by atoms with van der Waals surface area (Å²) in [5.74, 6) is 1.37. The van der Waals surface area contributed by atoms with E-state index in [9.17, 15) is 0 Å². The molecule has 3 rings (SSSR count). The zero-order chi connectivity index (χ0) is 13.8. The van der Waals surface area contributed by atoms with Crippen LogP contribution in [0, 0.1) is 0 Å². The minimum atomic E-state index is 0.212. The van der Waals surface area contributed by atoms with Crippen molar-refractivity contribution in [2.75, 3.05) is 13.1 Å². The van der Waals surface area contributed by atoms with Gasteiger partial charge in [0.2, 0.25) is 0 Å². The van der Waals surface area contributed by atoms with Crippen LogP contribution in [0.25, 0.3) is 11.4 Å². The Hall–Kier alpha value is -1.65. The highest BCUT2D eigenvalue weighted by Gasteiger charge is 2.14. The van der Waals surface area contributed by atoms with Gasteiger partial charge in [-0.05, 0) is 31.5 Å². The number of halogens is 1. The Kier molecular flexibility index (Phi) is 4.14. The summed E-state index contributed by atoms with van der Waals surface area (Å²) in [6.07, 6.45) is 5.87. The minimum Gasteiger partial charge on any atom is -0.486 e. The normalized spacial score (nSPS) is 18.8. The molecular formula is C15H16ClN3O. The maximum absolute atomic E-state index is 5.97. The van der Waals surface area contributed by atoms with Crippen molar-refractivity contribution in [3.05, 3.63) is 41.7 Å². The van der Waals surface area contributed by atoms with Gasteiger partial charge in [0.1, 0.15) is 6.10 Å². The summed E-state index contributed by atoms with van der Waals surface area (Å²) in [4.78, 5) is 8.68. The number of rotatable bonds is 3. The summed E-state index contributed by atoms with van der Waals surface area (Å²) in [5, 5.41) is 4.00. The van der Waals surface area contributed by atoms with E-state index in [0.29, 0.717) is 16.6 Å². The van der Waals surface area contributed by atoms with E-state index in [2.05, 4.69) is 15.3 Å². The second-order valence-corrected chi connectivity index (χ2v) is 5.28. The summed E-state index contributed by atoms with van der Waals surface area (Å²) in [7, 11) is 0.